The molecule has 3 aromatic rings. The van der Waals surface area contributed by atoms with Gasteiger partial charge in [0.2, 0.25) is 5.95 Å². The van der Waals surface area contributed by atoms with Crippen molar-refractivity contribution in [3.63, 3.8) is 0 Å². The van der Waals surface area contributed by atoms with E-state index in [2.05, 4.69) is 31.2 Å². The molecule has 1 atom stereocenters. The van der Waals surface area contributed by atoms with Gasteiger partial charge in [0.15, 0.2) is 0 Å². The summed E-state index contributed by atoms with van der Waals surface area (Å²) < 4.78 is 2.13. The standard InChI is InChI=1S/C23H29N7O/c1-29(2)22(31)19-11-17-14-26-23(28-21(17)30(19)18-5-3-4-6-18)27-20-8-7-15(13-25-20)16-9-10-24-12-16/h7-8,11,13-14,16,18,24H,3-6,9-10,12H2,1-2H3,(H,25,26,27,28)/t16-/m0/s1. The molecule has 31 heavy (non-hydrogen) atoms. The summed E-state index contributed by atoms with van der Waals surface area (Å²) in [6.07, 6.45) is 9.40. The number of carbonyl (C=O) groups excluding carboxylic acids is 1. The number of nitrogens with one attached hydrogen (secondary N) is 2. The van der Waals surface area contributed by atoms with Crippen LogP contribution in [0, 0.1) is 0 Å². The van der Waals surface area contributed by atoms with E-state index in [9.17, 15) is 4.79 Å². The van der Waals surface area contributed by atoms with E-state index in [0.717, 1.165) is 49.2 Å². The van der Waals surface area contributed by atoms with Gasteiger partial charge in [0.05, 0.1) is 0 Å². The number of amides is 1. The minimum Gasteiger partial charge on any atom is -0.343 e. The number of hydrogen-bond donors (Lipinski definition) is 2. The van der Waals surface area contributed by atoms with Crippen LogP contribution >= 0.6 is 0 Å². The molecular weight excluding hydrogens is 390 g/mol. The maximum Gasteiger partial charge on any atom is 0.270 e. The summed E-state index contributed by atoms with van der Waals surface area (Å²) in [7, 11) is 3.57. The lowest BCUT2D eigenvalue weighted by Crippen LogP contribution is -2.25. The van der Waals surface area contributed by atoms with Gasteiger partial charge in [-0.25, -0.2) is 9.97 Å². The van der Waals surface area contributed by atoms with Gasteiger partial charge in [-0.05, 0) is 49.4 Å². The maximum atomic E-state index is 12.8. The van der Waals surface area contributed by atoms with Gasteiger partial charge in [0.1, 0.15) is 17.2 Å². The smallest absolute Gasteiger partial charge is 0.270 e. The van der Waals surface area contributed by atoms with E-state index in [1.807, 2.05) is 18.3 Å². The largest absolute Gasteiger partial charge is 0.343 e. The summed E-state index contributed by atoms with van der Waals surface area (Å²) in [4.78, 5) is 28.3. The van der Waals surface area contributed by atoms with Crippen molar-refractivity contribution >= 4 is 28.7 Å². The quantitative estimate of drug-likeness (QED) is 0.658. The van der Waals surface area contributed by atoms with Gasteiger partial charge in [-0.1, -0.05) is 18.9 Å². The number of nitrogens with zero attached hydrogens (tertiary/aromatic N) is 5. The molecule has 162 valence electrons. The van der Waals surface area contributed by atoms with E-state index in [1.165, 1.54) is 18.4 Å². The zero-order valence-electron chi connectivity index (χ0n) is 18.1. The molecule has 1 aliphatic heterocycles. The van der Waals surface area contributed by atoms with Crippen molar-refractivity contribution in [2.75, 3.05) is 32.5 Å². The highest BCUT2D eigenvalue weighted by Gasteiger charge is 2.26. The average molecular weight is 420 g/mol. The van der Waals surface area contributed by atoms with Crippen molar-refractivity contribution in [2.45, 2.75) is 44.1 Å². The number of pyridine rings is 1. The summed E-state index contributed by atoms with van der Waals surface area (Å²) in [5.41, 5.74) is 2.75. The average Bonchev–Trinajstić information content (AvgIpc) is 3.53. The molecule has 1 amide bonds. The third-order valence-corrected chi connectivity index (χ3v) is 6.45. The van der Waals surface area contributed by atoms with Crippen LogP contribution in [0.2, 0.25) is 0 Å². The molecule has 1 saturated heterocycles. The summed E-state index contributed by atoms with van der Waals surface area (Å²) >= 11 is 0. The Morgan fingerprint density at radius 2 is 2.00 bits per heavy atom. The summed E-state index contributed by atoms with van der Waals surface area (Å²) in [5.74, 6) is 1.75. The fraction of sp³-hybridized carbons (Fsp3) is 0.478. The van der Waals surface area contributed by atoms with Crippen LogP contribution in [0.25, 0.3) is 11.0 Å². The van der Waals surface area contributed by atoms with Gasteiger partial charge < -0.3 is 20.1 Å². The molecule has 0 unspecified atom stereocenters. The van der Waals surface area contributed by atoms with Gasteiger partial charge >= 0.3 is 0 Å². The number of fused-ring (bicyclic) bond motifs is 1. The molecule has 2 aliphatic rings. The van der Waals surface area contributed by atoms with Crippen LogP contribution in [0.5, 0.6) is 0 Å². The van der Waals surface area contributed by atoms with Crippen LogP contribution in [0.3, 0.4) is 0 Å². The van der Waals surface area contributed by atoms with Crippen LogP contribution < -0.4 is 10.6 Å². The molecule has 2 fully saturated rings. The van der Waals surface area contributed by atoms with E-state index < -0.39 is 0 Å². The fourth-order valence-corrected chi connectivity index (χ4v) is 4.77. The predicted octanol–water partition coefficient (Wildman–Crippen LogP) is 3.46. The Morgan fingerprint density at radius 3 is 2.68 bits per heavy atom. The van der Waals surface area contributed by atoms with E-state index in [1.54, 1.807) is 25.2 Å². The Balaban J connectivity index is 1.46. The molecule has 1 saturated carbocycles. The molecule has 8 heteroatoms. The van der Waals surface area contributed by atoms with Crippen LogP contribution in [-0.4, -0.2) is 57.5 Å². The zero-order chi connectivity index (χ0) is 21.4. The number of carbonyl (C=O) groups is 1. The Kier molecular flexibility index (Phi) is 5.31. The Labute approximate surface area is 182 Å². The van der Waals surface area contributed by atoms with Crippen molar-refractivity contribution in [2.24, 2.45) is 0 Å². The minimum atomic E-state index is -0.00179. The molecule has 0 bridgehead atoms. The third kappa shape index (κ3) is 3.87. The second kappa shape index (κ2) is 8.26. The molecule has 4 heterocycles. The lowest BCUT2D eigenvalue weighted by molar-refractivity contribution is 0.0815. The van der Waals surface area contributed by atoms with Gasteiger partial charge in [-0.15, -0.1) is 0 Å². The normalized spacial score (nSPS) is 19.2. The number of aromatic nitrogens is 4. The topological polar surface area (TPSA) is 88.0 Å². The molecule has 1 aliphatic carbocycles. The highest BCUT2D eigenvalue weighted by atomic mass is 16.2. The number of anilines is 2. The fourth-order valence-electron chi connectivity index (χ4n) is 4.77. The summed E-state index contributed by atoms with van der Waals surface area (Å²) in [5, 5.41) is 7.52. The summed E-state index contributed by atoms with van der Waals surface area (Å²) in [6, 6.07) is 6.33. The first-order valence-corrected chi connectivity index (χ1v) is 11.1. The van der Waals surface area contributed by atoms with Crippen molar-refractivity contribution in [1.82, 2.24) is 29.7 Å². The Morgan fingerprint density at radius 1 is 1.16 bits per heavy atom. The first-order chi connectivity index (χ1) is 15.1. The first-order valence-electron chi connectivity index (χ1n) is 11.1. The first kappa shape index (κ1) is 19.9. The molecule has 0 aromatic carbocycles. The minimum absolute atomic E-state index is 0.00179. The van der Waals surface area contributed by atoms with Crippen LogP contribution in [-0.2, 0) is 0 Å². The highest BCUT2D eigenvalue weighted by molar-refractivity contribution is 5.97. The number of rotatable bonds is 5. The van der Waals surface area contributed by atoms with Crippen molar-refractivity contribution in [3.05, 3.63) is 41.9 Å². The monoisotopic (exact) mass is 419 g/mol. The van der Waals surface area contributed by atoms with Gasteiger partial charge in [0.25, 0.3) is 5.91 Å². The second-order valence-corrected chi connectivity index (χ2v) is 8.80. The van der Waals surface area contributed by atoms with E-state index in [0.29, 0.717) is 23.6 Å². The lowest BCUT2D eigenvalue weighted by Gasteiger charge is -2.19. The predicted molar refractivity (Wildman–Crippen MR) is 121 cm³/mol. The van der Waals surface area contributed by atoms with Crippen molar-refractivity contribution < 1.29 is 4.79 Å². The molecule has 8 nitrogen and oxygen atoms in total. The van der Waals surface area contributed by atoms with Gasteiger partial charge in [-0.2, -0.15) is 4.98 Å². The summed E-state index contributed by atoms with van der Waals surface area (Å²) in [6.45, 7) is 2.08. The zero-order valence-corrected chi connectivity index (χ0v) is 18.1. The van der Waals surface area contributed by atoms with Crippen molar-refractivity contribution in [3.8, 4) is 0 Å². The van der Waals surface area contributed by atoms with Crippen LogP contribution in [0.1, 0.15) is 60.1 Å². The van der Waals surface area contributed by atoms with Crippen LogP contribution in [0.4, 0.5) is 11.8 Å². The molecule has 2 N–H and O–H groups in total. The van der Waals surface area contributed by atoms with E-state index >= 15 is 0 Å². The van der Waals surface area contributed by atoms with Crippen molar-refractivity contribution in [1.29, 1.82) is 0 Å². The number of hydrogen-bond acceptors (Lipinski definition) is 6. The SMILES string of the molecule is CN(C)C(=O)c1cc2cnc(Nc3ccc([C@H]4CCNC4)cn3)nc2n1C1CCCC1. The van der Waals surface area contributed by atoms with Crippen LogP contribution in [0.15, 0.2) is 30.6 Å². The van der Waals surface area contributed by atoms with Gasteiger partial charge in [0, 0.05) is 44.5 Å². The maximum absolute atomic E-state index is 12.8. The molecule has 3 aromatic heterocycles. The third-order valence-electron chi connectivity index (χ3n) is 6.45. The molecule has 0 radical (unpaired) electrons. The van der Waals surface area contributed by atoms with E-state index in [4.69, 9.17) is 4.98 Å². The highest BCUT2D eigenvalue weighted by Crippen LogP contribution is 2.35. The van der Waals surface area contributed by atoms with E-state index in [-0.39, 0.29) is 5.91 Å². The van der Waals surface area contributed by atoms with Gasteiger partial charge in [-0.3, -0.25) is 4.79 Å². The second-order valence-electron chi connectivity index (χ2n) is 8.80. The Hall–Kier alpha value is -3.00. The molecule has 5 rings (SSSR count). The Bertz CT molecular complexity index is 1080. The molecule has 0 spiro atoms. The lowest BCUT2D eigenvalue weighted by atomic mass is 10.0. The molecular formula is C23H29N7O.